The van der Waals surface area contributed by atoms with Crippen LogP contribution in [0.5, 0.6) is 0 Å². The lowest BCUT2D eigenvalue weighted by atomic mass is 10.1. The Bertz CT molecular complexity index is 509. The van der Waals surface area contributed by atoms with E-state index >= 15 is 0 Å². The third kappa shape index (κ3) is 2.17. The second-order valence-electron chi connectivity index (χ2n) is 4.12. The van der Waals surface area contributed by atoms with Crippen molar-refractivity contribution in [1.82, 2.24) is 0 Å². The average Bonchev–Trinajstić information content (AvgIpc) is 2.69. The molecule has 0 bridgehead atoms. The zero-order valence-corrected chi connectivity index (χ0v) is 10.3. The SMILES string of the molecule is O=C1CC(CS)CN1c1cccc(F)c1[N+](=O)[O-]. The van der Waals surface area contributed by atoms with E-state index in [2.05, 4.69) is 12.6 Å². The molecule has 1 unspecified atom stereocenters. The van der Waals surface area contributed by atoms with Crippen LogP contribution in [0.1, 0.15) is 6.42 Å². The molecule has 0 aromatic heterocycles. The quantitative estimate of drug-likeness (QED) is 0.519. The lowest BCUT2D eigenvalue weighted by Gasteiger charge is -2.16. The minimum Gasteiger partial charge on any atom is -0.306 e. The summed E-state index contributed by atoms with van der Waals surface area (Å²) in [6.07, 6.45) is 0.289. The van der Waals surface area contributed by atoms with E-state index in [9.17, 15) is 19.3 Å². The molecule has 0 aliphatic carbocycles. The summed E-state index contributed by atoms with van der Waals surface area (Å²) in [6, 6.07) is 3.76. The summed E-state index contributed by atoms with van der Waals surface area (Å²) < 4.78 is 13.5. The van der Waals surface area contributed by atoms with Crippen LogP contribution >= 0.6 is 12.6 Å². The van der Waals surface area contributed by atoms with E-state index in [4.69, 9.17) is 0 Å². The van der Waals surface area contributed by atoms with Gasteiger partial charge in [-0.3, -0.25) is 14.9 Å². The van der Waals surface area contributed by atoms with Gasteiger partial charge < -0.3 is 4.90 Å². The lowest BCUT2D eigenvalue weighted by molar-refractivity contribution is -0.386. The molecule has 1 atom stereocenters. The van der Waals surface area contributed by atoms with Gasteiger partial charge in [-0.1, -0.05) is 6.07 Å². The maximum atomic E-state index is 13.5. The first-order chi connectivity index (χ1) is 8.54. The molecule has 1 aromatic rings. The number of carbonyl (C=O) groups excluding carboxylic acids is 1. The molecular formula is C11H11FN2O3S. The van der Waals surface area contributed by atoms with Crippen molar-refractivity contribution in [2.75, 3.05) is 17.2 Å². The third-order valence-electron chi connectivity index (χ3n) is 2.90. The number of rotatable bonds is 3. The summed E-state index contributed by atoms with van der Waals surface area (Å²) in [5.74, 6) is -0.600. The van der Waals surface area contributed by atoms with E-state index in [1.54, 1.807) is 0 Å². The van der Waals surface area contributed by atoms with Crippen LogP contribution in [0.3, 0.4) is 0 Å². The standard InChI is InChI=1S/C11H11FN2O3S/c12-8-2-1-3-9(11(8)14(16)17)13-5-7(6-18)4-10(13)15/h1-3,7,18H,4-6H2. The number of hydrogen-bond donors (Lipinski definition) is 1. The van der Waals surface area contributed by atoms with Crippen LogP contribution in [0.4, 0.5) is 15.8 Å². The van der Waals surface area contributed by atoms with Gasteiger partial charge in [0, 0.05) is 13.0 Å². The van der Waals surface area contributed by atoms with Crippen molar-refractivity contribution in [3.8, 4) is 0 Å². The van der Waals surface area contributed by atoms with Crippen molar-refractivity contribution >= 4 is 29.9 Å². The van der Waals surface area contributed by atoms with E-state index in [1.165, 1.54) is 17.0 Å². The van der Waals surface area contributed by atoms with E-state index in [1.807, 2.05) is 0 Å². The number of benzene rings is 1. The zero-order valence-electron chi connectivity index (χ0n) is 9.38. The number of nitro benzene ring substituents is 1. The van der Waals surface area contributed by atoms with Crippen LogP contribution in [0.25, 0.3) is 0 Å². The Labute approximate surface area is 108 Å². The highest BCUT2D eigenvalue weighted by Crippen LogP contribution is 2.34. The number of hydrogen-bond acceptors (Lipinski definition) is 4. The molecule has 0 spiro atoms. The highest BCUT2D eigenvalue weighted by molar-refractivity contribution is 7.80. The van der Waals surface area contributed by atoms with Gasteiger partial charge in [0.25, 0.3) is 0 Å². The summed E-state index contributed by atoms with van der Waals surface area (Å²) in [7, 11) is 0. The lowest BCUT2D eigenvalue weighted by Crippen LogP contribution is -2.25. The van der Waals surface area contributed by atoms with Crippen LogP contribution in [-0.4, -0.2) is 23.1 Å². The van der Waals surface area contributed by atoms with Gasteiger partial charge in [0.15, 0.2) is 0 Å². The summed E-state index contributed by atoms with van der Waals surface area (Å²) in [4.78, 5) is 23.1. The van der Waals surface area contributed by atoms with Gasteiger partial charge in [-0.05, 0) is 23.8 Å². The fraction of sp³-hybridized carbons (Fsp3) is 0.364. The van der Waals surface area contributed by atoms with Gasteiger partial charge in [0.1, 0.15) is 5.69 Å². The van der Waals surface area contributed by atoms with Gasteiger partial charge in [-0.25, -0.2) is 0 Å². The number of thiol groups is 1. The van der Waals surface area contributed by atoms with Crippen molar-refractivity contribution in [3.05, 3.63) is 34.1 Å². The molecule has 5 nitrogen and oxygen atoms in total. The molecular weight excluding hydrogens is 259 g/mol. The Kier molecular flexibility index (Phi) is 3.51. The van der Waals surface area contributed by atoms with Crippen molar-refractivity contribution in [1.29, 1.82) is 0 Å². The number of nitrogens with zero attached hydrogens (tertiary/aromatic N) is 2. The van der Waals surface area contributed by atoms with Crippen LogP contribution in [-0.2, 0) is 4.79 Å². The molecule has 0 saturated carbocycles. The summed E-state index contributed by atoms with van der Waals surface area (Å²) >= 11 is 4.11. The molecule has 1 fully saturated rings. The minimum absolute atomic E-state index is 0.0225. The topological polar surface area (TPSA) is 63.5 Å². The summed E-state index contributed by atoms with van der Waals surface area (Å²) in [5.41, 5.74) is -0.625. The molecule has 0 N–H and O–H groups in total. The van der Waals surface area contributed by atoms with Gasteiger partial charge in [-0.15, -0.1) is 0 Å². The first-order valence-corrected chi connectivity index (χ1v) is 6.02. The van der Waals surface area contributed by atoms with Gasteiger partial charge in [0.05, 0.1) is 4.92 Å². The van der Waals surface area contributed by atoms with Crippen molar-refractivity contribution in [2.24, 2.45) is 5.92 Å². The molecule has 2 rings (SSSR count). The van der Waals surface area contributed by atoms with E-state index in [0.29, 0.717) is 12.3 Å². The van der Waals surface area contributed by atoms with Crippen LogP contribution in [0.15, 0.2) is 18.2 Å². The van der Waals surface area contributed by atoms with E-state index in [-0.39, 0.29) is 23.9 Å². The fourth-order valence-electron chi connectivity index (χ4n) is 2.04. The van der Waals surface area contributed by atoms with Crippen LogP contribution in [0, 0.1) is 21.8 Å². The predicted octanol–water partition coefficient (Wildman–Crippen LogP) is 2.02. The fourth-order valence-corrected chi connectivity index (χ4v) is 2.28. The largest absolute Gasteiger partial charge is 0.328 e. The zero-order chi connectivity index (χ0) is 13.3. The summed E-state index contributed by atoms with van der Waals surface area (Å²) in [5, 5.41) is 10.9. The van der Waals surface area contributed by atoms with Crippen molar-refractivity contribution in [3.63, 3.8) is 0 Å². The third-order valence-corrected chi connectivity index (χ3v) is 3.42. The number of carbonyl (C=O) groups is 1. The highest BCUT2D eigenvalue weighted by Gasteiger charge is 2.34. The van der Waals surface area contributed by atoms with Crippen molar-refractivity contribution < 1.29 is 14.1 Å². The number of nitro groups is 1. The Balaban J connectivity index is 2.43. The van der Waals surface area contributed by atoms with E-state index < -0.39 is 16.4 Å². The van der Waals surface area contributed by atoms with Gasteiger partial charge >= 0.3 is 5.69 Å². The van der Waals surface area contributed by atoms with Gasteiger partial charge in [0.2, 0.25) is 11.7 Å². The highest BCUT2D eigenvalue weighted by atomic mass is 32.1. The second-order valence-corrected chi connectivity index (χ2v) is 4.49. The number of para-hydroxylation sites is 1. The number of halogens is 1. The second kappa shape index (κ2) is 4.93. The van der Waals surface area contributed by atoms with Gasteiger partial charge in [-0.2, -0.15) is 17.0 Å². The Morgan fingerprint density at radius 2 is 2.28 bits per heavy atom. The molecule has 96 valence electrons. The molecule has 0 radical (unpaired) electrons. The Morgan fingerprint density at radius 3 is 2.83 bits per heavy atom. The number of amides is 1. The molecule has 1 aliphatic heterocycles. The average molecular weight is 270 g/mol. The minimum atomic E-state index is -0.931. The first-order valence-electron chi connectivity index (χ1n) is 5.38. The predicted molar refractivity (Wildman–Crippen MR) is 67.4 cm³/mol. The van der Waals surface area contributed by atoms with Crippen LogP contribution in [0.2, 0.25) is 0 Å². The molecule has 1 aromatic carbocycles. The normalized spacial score (nSPS) is 19.3. The molecule has 7 heteroatoms. The van der Waals surface area contributed by atoms with E-state index in [0.717, 1.165) is 6.07 Å². The molecule has 18 heavy (non-hydrogen) atoms. The molecule has 1 saturated heterocycles. The van der Waals surface area contributed by atoms with Crippen molar-refractivity contribution in [2.45, 2.75) is 6.42 Å². The molecule has 1 aliphatic rings. The maximum Gasteiger partial charge on any atom is 0.328 e. The molecule has 1 amide bonds. The Hall–Kier alpha value is -1.63. The summed E-state index contributed by atoms with van der Waals surface area (Å²) in [6.45, 7) is 0.340. The maximum absolute atomic E-state index is 13.5. The number of anilines is 1. The Morgan fingerprint density at radius 1 is 1.56 bits per heavy atom. The first kappa shape index (κ1) is 12.8. The molecule has 1 heterocycles. The smallest absolute Gasteiger partial charge is 0.306 e. The van der Waals surface area contributed by atoms with Crippen LogP contribution < -0.4 is 4.90 Å². The monoisotopic (exact) mass is 270 g/mol.